The molecule has 158 valence electrons. The number of aromatic nitrogens is 1. The van der Waals surface area contributed by atoms with Crippen molar-refractivity contribution in [3.8, 4) is 23.0 Å². The van der Waals surface area contributed by atoms with E-state index in [-0.39, 0.29) is 12.4 Å². The van der Waals surface area contributed by atoms with E-state index >= 15 is 0 Å². The number of halogens is 3. The van der Waals surface area contributed by atoms with Gasteiger partial charge in [-0.3, -0.25) is 0 Å². The van der Waals surface area contributed by atoms with Gasteiger partial charge in [0.05, 0.1) is 0 Å². The van der Waals surface area contributed by atoms with E-state index in [0.29, 0.717) is 22.9 Å². The van der Waals surface area contributed by atoms with Gasteiger partial charge < -0.3 is 13.9 Å². The van der Waals surface area contributed by atoms with E-state index in [1.54, 1.807) is 19.1 Å². The van der Waals surface area contributed by atoms with Crippen LogP contribution in [0.1, 0.15) is 30.9 Å². The number of hydrogen-bond acceptors (Lipinski definition) is 4. The molecule has 7 heteroatoms. The van der Waals surface area contributed by atoms with Gasteiger partial charge in [0, 0.05) is 5.56 Å². The van der Waals surface area contributed by atoms with Gasteiger partial charge in [-0.1, -0.05) is 18.2 Å². The molecule has 0 spiro atoms. The maximum Gasteiger partial charge on any atom is 0.422 e. The summed E-state index contributed by atoms with van der Waals surface area (Å²) in [6, 6.07) is 13.9. The number of alkyl halides is 3. The van der Waals surface area contributed by atoms with Crippen molar-refractivity contribution in [2.45, 2.75) is 33.6 Å². The Morgan fingerprint density at radius 1 is 1.07 bits per heavy atom. The van der Waals surface area contributed by atoms with Crippen LogP contribution in [-0.4, -0.2) is 17.8 Å². The molecule has 0 amide bonds. The second-order valence-corrected chi connectivity index (χ2v) is 6.74. The summed E-state index contributed by atoms with van der Waals surface area (Å²) in [7, 11) is 0. The van der Waals surface area contributed by atoms with Crippen molar-refractivity contribution in [1.82, 2.24) is 4.98 Å². The molecule has 3 rings (SSSR count). The van der Waals surface area contributed by atoms with Gasteiger partial charge in [-0.25, -0.2) is 4.98 Å². The summed E-state index contributed by atoms with van der Waals surface area (Å²) in [6.07, 6.45) is -2.34. The standard InChI is InChI=1S/C23H22F3NO3/c1-4-15(2)18-6-5-7-20(12-18)28-13-21-16(3)30-22(27-21)17-8-10-19(11-9-17)29-14-23(24,25)26/h4-12H,13-14H2,1-3H3. The number of oxazole rings is 1. The zero-order valence-electron chi connectivity index (χ0n) is 16.9. The molecule has 0 radical (unpaired) electrons. The predicted molar refractivity (Wildman–Crippen MR) is 108 cm³/mol. The number of hydrogen-bond donors (Lipinski definition) is 0. The summed E-state index contributed by atoms with van der Waals surface area (Å²) in [5, 5.41) is 0. The molecule has 1 heterocycles. The number of allylic oxidation sites excluding steroid dienone is 2. The molecule has 0 fully saturated rings. The lowest BCUT2D eigenvalue weighted by atomic mass is 10.1. The van der Waals surface area contributed by atoms with Crippen LogP contribution in [0.2, 0.25) is 0 Å². The lowest BCUT2D eigenvalue weighted by molar-refractivity contribution is -0.153. The topological polar surface area (TPSA) is 44.5 Å². The van der Waals surface area contributed by atoms with E-state index < -0.39 is 12.8 Å². The highest BCUT2D eigenvalue weighted by molar-refractivity contribution is 5.64. The zero-order valence-corrected chi connectivity index (χ0v) is 16.9. The first kappa shape index (κ1) is 21.5. The molecular formula is C23H22F3NO3. The monoisotopic (exact) mass is 417 g/mol. The van der Waals surface area contributed by atoms with Crippen molar-refractivity contribution in [1.29, 1.82) is 0 Å². The van der Waals surface area contributed by atoms with Crippen molar-refractivity contribution < 1.29 is 27.1 Å². The van der Waals surface area contributed by atoms with E-state index in [9.17, 15) is 13.2 Å². The molecule has 0 aliphatic rings. The Kier molecular flexibility index (Phi) is 6.50. The second-order valence-electron chi connectivity index (χ2n) is 6.74. The molecule has 30 heavy (non-hydrogen) atoms. The second kappa shape index (κ2) is 9.07. The Morgan fingerprint density at radius 2 is 1.80 bits per heavy atom. The number of nitrogens with zero attached hydrogens (tertiary/aromatic N) is 1. The molecule has 1 aromatic heterocycles. The maximum atomic E-state index is 12.2. The fourth-order valence-corrected chi connectivity index (χ4v) is 2.69. The average molecular weight is 417 g/mol. The van der Waals surface area contributed by atoms with Crippen LogP contribution < -0.4 is 9.47 Å². The third-order valence-corrected chi connectivity index (χ3v) is 4.49. The Labute approximate surface area is 173 Å². The summed E-state index contributed by atoms with van der Waals surface area (Å²) in [4.78, 5) is 4.46. The van der Waals surface area contributed by atoms with Gasteiger partial charge in [0.2, 0.25) is 5.89 Å². The highest BCUT2D eigenvalue weighted by Gasteiger charge is 2.28. The first-order valence-electron chi connectivity index (χ1n) is 9.37. The Bertz CT molecular complexity index is 1020. The number of rotatable bonds is 7. The largest absolute Gasteiger partial charge is 0.487 e. The van der Waals surface area contributed by atoms with E-state index in [1.807, 2.05) is 44.2 Å². The third-order valence-electron chi connectivity index (χ3n) is 4.49. The molecule has 4 nitrogen and oxygen atoms in total. The van der Waals surface area contributed by atoms with Gasteiger partial charge in [-0.15, -0.1) is 0 Å². The Balaban J connectivity index is 1.67. The minimum Gasteiger partial charge on any atom is -0.487 e. The average Bonchev–Trinajstić information content (AvgIpc) is 3.10. The summed E-state index contributed by atoms with van der Waals surface area (Å²) >= 11 is 0. The van der Waals surface area contributed by atoms with Crippen molar-refractivity contribution in [3.63, 3.8) is 0 Å². The van der Waals surface area contributed by atoms with Crippen LogP contribution in [0.5, 0.6) is 11.5 Å². The molecular weight excluding hydrogens is 395 g/mol. The lowest BCUT2D eigenvalue weighted by Crippen LogP contribution is -2.19. The Hall–Kier alpha value is -3.22. The molecule has 0 unspecified atom stereocenters. The molecule has 0 aliphatic heterocycles. The molecule has 0 aliphatic carbocycles. The van der Waals surface area contributed by atoms with Gasteiger partial charge in [-0.2, -0.15) is 13.2 Å². The number of aryl methyl sites for hydroxylation is 1. The Morgan fingerprint density at radius 3 is 2.47 bits per heavy atom. The minimum atomic E-state index is -4.38. The van der Waals surface area contributed by atoms with E-state index in [4.69, 9.17) is 13.9 Å². The molecule has 0 saturated heterocycles. The zero-order chi connectivity index (χ0) is 21.7. The first-order valence-corrected chi connectivity index (χ1v) is 9.37. The summed E-state index contributed by atoms with van der Waals surface area (Å²) in [6.45, 7) is 4.71. The highest BCUT2D eigenvalue weighted by Crippen LogP contribution is 2.26. The fraction of sp³-hybridized carbons (Fsp3) is 0.261. The van der Waals surface area contributed by atoms with E-state index in [0.717, 1.165) is 16.9 Å². The smallest absolute Gasteiger partial charge is 0.422 e. The lowest BCUT2D eigenvalue weighted by Gasteiger charge is -2.08. The number of ether oxygens (including phenoxy) is 2. The minimum absolute atomic E-state index is 0.124. The first-order chi connectivity index (χ1) is 14.2. The van der Waals surface area contributed by atoms with Gasteiger partial charge in [0.1, 0.15) is 29.6 Å². The number of benzene rings is 2. The molecule has 0 atom stereocenters. The molecule has 2 aromatic carbocycles. The van der Waals surface area contributed by atoms with Gasteiger partial charge in [0.25, 0.3) is 0 Å². The van der Waals surface area contributed by atoms with Gasteiger partial charge >= 0.3 is 6.18 Å². The fourth-order valence-electron chi connectivity index (χ4n) is 2.69. The van der Waals surface area contributed by atoms with Gasteiger partial charge in [-0.05, 0) is 68.3 Å². The van der Waals surface area contributed by atoms with Crippen LogP contribution in [0.3, 0.4) is 0 Å². The van der Waals surface area contributed by atoms with Crippen LogP contribution in [0.15, 0.2) is 59.0 Å². The maximum absolute atomic E-state index is 12.2. The van der Waals surface area contributed by atoms with Crippen molar-refractivity contribution in [3.05, 3.63) is 71.6 Å². The van der Waals surface area contributed by atoms with Crippen LogP contribution in [-0.2, 0) is 6.61 Å². The van der Waals surface area contributed by atoms with Crippen molar-refractivity contribution >= 4 is 5.57 Å². The predicted octanol–water partition coefficient (Wildman–Crippen LogP) is 6.59. The van der Waals surface area contributed by atoms with Crippen LogP contribution in [0, 0.1) is 6.92 Å². The molecule has 0 bridgehead atoms. The van der Waals surface area contributed by atoms with E-state index in [1.165, 1.54) is 12.1 Å². The van der Waals surface area contributed by atoms with E-state index in [2.05, 4.69) is 4.98 Å². The van der Waals surface area contributed by atoms with Crippen LogP contribution in [0.4, 0.5) is 13.2 Å². The quantitative estimate of drug-likeness (QED) is 0.435. The van der Waals surface area contributed by atoms with Crippen LogP contribution >= 0.6 is 0 Å². The SMILES string of the molecule is CC=C(C)c1cccc(OCc2nc(-c3ccc(OCC(F)(F)F)cc3)oc2C)c1. The van der Waals surface area contributed by atoms with Crippen LogP contribution in [0.25, 0.3) is 17.0 Å². The summed E-state index contributed by atoms with van der Waals surface area (Å²) < 4.78 is 53.0. The third kappa shape index (κ3) is 5.65. The molecule has 0 saturated carbocycles. The van der Waals surface area contributed by atoms with Crippen molar-refractivity contribution in [2.75, 3.05) is 6.61 Å². The summed E-state index contributed by atoms with van der Waals surface area (Å²) in [5.74, 6) is 1.83. The molecule has 3 aromatic rings. The van der Waals surface area contributed by atoms with Crippen molar-refractivity contribution in [2.24, 2.45) is 0 Å². The highest BCUT2D eigenvalue weighted by atomic mass is 19.4. The van der Waals surface area contributed by atoms with Gasteiger partial charge in [0.15, 0.2) is 6.61 Å². The normalized spacial score (nSPS) is 12.1. The molecule has 0 N–H and O–H groups in total. The summed E-state index contributed by atoms with van der Waals surface area (Å²) in [5.41, 5.74) is 3.52.